The summed E-state index contributed by atoms with van der Waals surface area (Å²) < 4.78 is 14.2. The Morgan fingerprint density at radius 1 is 0.400 bits per heavy atom. The summed E-state index contributed by atoms with van der Waals surface area (Å²) in [6.07, 6.45) is 0. The van der Waals surface area contributed by atoms with Gasteiger partial charge in [0.15, 0.2) is 0 Å². The van der Waals surface area contributed by atoms with Gasteiger partial charge in [-0.05, 0) is 83.9 Å². The Hall–Kier alpha value is -5.83. The molecule has 0 spiro atoms. The second-order valence-corrected chi connectivity index (χ2v) is 30.4. The summed E-state index contributed by atoms with van der Waals surface area (Å²) in [7, 11) is -2.91. The lowest BCUT2D eigenvalue weighted by atomic mass is 9.73. The minimum atomic E-state index is -1.46. The lowest BCUT2D eigenvalue weighted by Crippen LogP contribution is -2.37. The minimum absolute atomic E-state index is 0.304. The molecule has 9 aromatic rings. The van der Waals surface area contributed by atoms with Gasteiger partial charge in [-0.25, -0.2) is 0 Å². The van der Waals surface area contributed by atoms with Crippen LogP contribution in [0.2, 0.25) is 39.3 Å². The summed E-state index contributed by atoms with van der Waals surface area (Å²) in [5.41, 5.74) is 15.1. The van der Waals surface area contributed by atoms with Gasteiger partial charge in [0.1, 0.15) is 22.3 Å². The predicted octanol–water partition coefficient (Wildman–Crippen LogP) is 14.8. The van der Waals surface area contributed by atoms with E-state index in [-0.39, 0.29) is 10.8 Å². The van der Waals surface area contributed by atoms with Crippen LogP contribution in [0.3, 0.4) is 0 Å². The highest BCUT2D eigenvalue weighted by atomic mass is 28.3. The summed E-state index contributed by atoms with van der Waals surface area (Å²) in [5, 5.41) is 7.28. The van der Waals surface area contributed by atoms with Crippen LogP contribution in [-0.4, -0.2) is 16.1 Å². The van der Waals surface area contributed by atoms with Crippen molar-refractivity contribution in [3.05, 3.63) is 156 Å². The van der Waals surface area contributed by atoms with Gasteiger partial charge in [0.05, 0.1) is 38.9 Å². The fourth-order valence-electron chi connectivity index (χ4n) is 10.4. The zero-order chi connectivity index (χ0) is 41.7. The molecular formula is C54H52N2O2Si2. The molecule has 2 aliphatic heterocycles. The second kappa shape index (κ2) is 12.4. The molecule has 11 rings (SSSR count). The predicted molar refractivity (Wildman–Crippen MR) is 261 cm³/mol. The van der Waals surface area contributed by atoms with Gasteiger partial charge in [-0.1, -0.05) is 138 Å². The minimum Gasteiger partial charge on any atom is -0.456 e. The average molecular weight is 817 g/mol. The maximum atomic E-state index is 7.12. The number of anilines is 6. The van der Waals surface area contributed by atoms with E-state index in [1.807, 2.05) is 0 Å². The third kappa shape index (κ3) is 5.20. The number of para-hydroxylation sites is 2. The van der Waals surface area contributed by atoms with Gasteiger partial charge in [0, 0.05) is 54.9 Å². The van der Waals surface area contributed by atoms with Gasteiger partial charge >= 0.3 is 0 Å². The first-order chi connectivity index (χ1) is 28.5. The Bertz CT molecular complexity index is 3010. The van der Waals surface area contributed by atoms with E-state index in [0.29, 0.717) is 0 Å². The van der Waals surface area contributed by atoms with E-state index in [2.05, 4.69) is 210 Å². The highest BCUT2D eigenvalue weighted by molar-refractivity contribution is 6.89. The highest BCUT2D eigenvalue weighted by Crippen LogP contribution is 2.57. The summed E-state index contributed by atoms with van der Waals surface area (Å²) >= 11 is 0. The van der Waals surface area contributed by atoms with E-state index < -0.39 is 16.1 Å². The summed E-state index contributed by atoms with van der Waals surface area (Å²) in [4.78, 5) is 4.87. The zero-order valence-electron chi connectivity index (χ0n) is 36.4. The largest absolute Gasteiger partial charge is 0.456 e. The summed E-state index contributed by atoms with van der Waals surface area (Å²) in [5.74, 6) is 0. The number of furan rings is 2. The molecule has 7 aromatic carbocycles. The van der Waals surface area contributed by atoms with Crippen molar-refractivity contribution in [2.24, 2.45) is 0 Å². The van der Waals surface area contributed by atoms with Crippen molar-refractivity contribution in [1.29, 1.82) is 0 Å². The zero-order valence-corrected chi connectivity index (χ0v) is 38.4. The Morgan fingerprint density at radius 3 is 1.13 bits per heavy atom. The van der Waals surface area contributed by atoms with E-state index in [9.17, 15) is 0 Å². The average Bonchev–Trinajstić information content (AvgIpc) is 3.76. The quantitative estimate of drug-likeness (QED) is 0.166. The number of rotatable bonds is 4. The smallest absolute Gasteiger partial charge is 0.141 e. The van der Waals surface area contributed by atoms with Gasteiger partial charge in [0.2, 0.25) is 0 Å². The fraction of sp³-hybridized carbons (Fsp3) is 0.222. The molecule has 4 nitrogen and oxygen atoms in total. The van der Waals surface area contributed by atoms with Crippen LogP contribution in [0, 0.1) is 0 Å². The van der Waals surface area contributed by atoms with E-state index in [4.69, 9.17) is 8.83 Å². The van der Waals surface area contributed by atoms with Crippen molar-refractivity contribution in [3.63, 3.8) is 0 Å². The standard InChI is InChI=1S/C54H52N2O2Si2/c1-53(2)41-15-11-13-17-43(41)55(33-19-23-35(24-20-33)59(5,6)7)45-29-27-37-39-31-48-40(32-47(39)57-51(37)49(45)53)38-28-30-46-50(52(38)58-48)54(3,4)42-16-12-14-18-44(42)56(46)34-21-25-36(26-22-34)60(8,9)10/h11-32H,1-10H3. The molecule has 0 atom stereocenters. The first-order valence-corrected chi connectivity index (χ1v) is 28.4. The molecule has 4 heterocycles. The molecule has 0 radical (unpaired) electrons. The summed E-state index contributed by atoms with van der Waals surface area (Å²) in [6.45, 7) is 23.8. The molecule has 0 aliphatic carbocycles. The number of hydrogen-bond donors (Lipinski definition) is 0. The van der Waals surface area contributed by atoms with Gasteiger partial charge in [0.25, 0.3) is 0 Å². The van der Waals surface area contributed by atoms with Crippen molar-refractivity contribution in [2.45, 2.75) is 77.8 Å². The lowest BCUT2D eigenvalue weighted by Gasteiger charge is -2.42. The van der Waals surface area contributed by atoms with Crippen LogP contribution in [0.1, 0.15) is 49.9 Å². The number of benzene rings is 7. The molecule has 6 heteroatoms. The summed E-state index contributed by atoms with van der Waals surface area (Å²) in [6, 6.07) is 49.9. The number of nitrogens with zero attached hydrogens (tertiary/aromatic N) is 2. The van der Waals surface area contributed by atoms with Crippen molar-refractivity contribution < 1.29 is 8.83 Å². The van der Waals surface area contributed by atoms with Crippen molar-refractivity contribution in [1.82, 2.24) is 0 Å². The van der Waals surface area contributed by atoms with E-state index in [1.54, 1.807) is 0 Å². The molecule has 0 unspecified atom stereocenters. The maximum Gasteiger partial charge on any atom is 0.141 e. The number of fused-ring (bicyclic) bond motifs is 12. The molecule has 298 valence electrons. The molecule has 2 aliphatic rings. The van der Waals surface area contributed by atoms with Gasteiger partial charge in [-0.3, -0.25) is 0 Å². The molecule has 0 saturated carbocycles. The first-order valence-electron chi connectivity index (χ1n) is 21.4. The van der Waals surface area contributed by atoms with Gasteiger partial charge < -0.3 is 18.6 Å². The Labute approximate surface area is 355 Å². The molecular weight excluding hydrogens is 765 g/mol. The van der Waals surface area contributed by atoms with Crippen LogP contribution >= 0.6 is 0 Å². The number of hydrogen-bond acceptors (Lipinski definition) is 4. The molecule has 0 amide bonds. The third-order valence-corrected chi connectivity index (χ3v) is 17.8. The molecule has 0 fully saturated rings. The first kappa shape index (κ1) is 37.2. The second-order valence-electron chi connectivity index (χ2n) is 20.3. The fourth-order valence-corrected chi connectivity index (χ4v) is 12.8. The van der Waals surface area contributed by atoms with Crippen LogP contribution < -0.4 is 20.2 Å². The van der Waals surface area contributed by atoms with E-state index in [1.165, 1.54) is 44.0 Å². The van der Waals surface area contributed by atoms with E-state index in [0.717, 1.165) is 66.6 Å². The van der Waals surface area contributed by atoms with Gasteiger partial charge in [-0.15, -0.1) is 0 Å². The molecule has 2 aromatic heterocycles. The van der Waals surface area contributed by atoms with E-state index >= 15 is 0 Å². The van der Waals surface area contributed by atoms with Crippen LogP contribution in [0.15, 0.2) is 142 Å². The van der Waals surface area contributed by atoms with Crippen LogP contribution in [0.25, 0.3) is 43.9 Å². The molecule has 0 bridgehead atoms. The monoisotopic (exact) mass is 816 g/mol. The third-order valence-electron chi connectivity index (χ3n) is 13.7. The van der Waals surface area contributed by atoms with Crippen LogP contribution in [0.5, 0.6) is 0 Å². The normalized spacial score (nSPS) is 15.7. The van der Waals surface area contributed by atoms with Crippen molar-refractivity contribution in [2.75, 3.05) is 9.80 Å². The van der Waals surface area contributed by atoms with Crippen LogP contribution in [-0.2, 0) is 10.8 Å². The Balaban J connectivity index is 1.10. The van der Waals surface area contributed by atoms with Crippen LogP contribution in [0.4, 0.5) is 34.1 Å². The highest BCUT2D eigenvalue weighted by Gasteiger charge is 2.42. The van der Waals surface area contributed by atoms with Gasteiger partial charge in [-0.2, -0.15) is 0 Å². The molecule has 0 saturated heterocycles. The maximum absolute atomic E-state index is 7.12. The topological polar surface area (TPSA) is 32.8 Å². The lowest BCUT2D eigenvalue weighted by molar-refractivity contribution is 0.600. The molecule has 60 heavy (non-hydrogen) atoms. The Morgan fingerprint density at radius 2 is 0.767 bits per heavy atom. The SMILES string of the molecule is CC1(C)c2ccccc2N(c2ccc([Si](C)(C)C)cc2)c2ccc3c(oc4cc5c(cc43)oc3c4c(ccc35)N(c3ccc([Si](C)(C)C)cc3)c3ccccc3C4(C)C)c21. The van der Waals surface area contributed by atoms with Crippen molar-refractivity contribution >= 4 is 105 Å². The van der Waals surface area contributed by atoms with Crippen molar-refractivity contribution in [3.8, 4) is 0 Å². The molecule has 0 N–H and O–H groups in total. The Kier molecular flexibility index (Phi) is 7.67.